The average Bonchev–Trinajstić information content (AvgIpc) is 3.16. The van der Waals surface area contributed by atoms with Crippen LogP contribution in [0, 0.1) is 40.4 Å². The molecule has 5 rings (SSSR count). The lowest BCUT2D eigenvalue weighted by Crippen LogP contribution is -2.59. The number of ether oxygens (including phenoxy) is 1. The molecular weight excluding hydrogens is 312 g/mol. The average molecular weight is 347 g/mol. The van der Waals surface area contributed by atoms with Crippen molar-refractivity contribution in [3.63, 3.8) is 0 Å². The van der Waals surface area contributed by atoms with Crippen molar-refractivity contribution in [2.24, 2.45) is 40.4 Å². The van der Waals surface area contributed by atoms with Crippen molar-refractivity contribution in [1.82, 2.24) is 0 Å². The summed E-state index contributed by atoms with van der Waals surface area (Å²) < 4.78 is 6.43. The zero-order chi connectivity index (χ0) is 17.8. The standard InChI is InChI=1S/C22H34O3/c1-12-9-17(13(2)23)20(3)7-6-16-15(19(12)20)10-18-22(25-18)8-5-14(24)11-21(16,22)4/h12,14-19,24H,5-11H2,1-4H3/t12-,14+,15+,16-,17+,18-,19-,20+,21+,22-/m0/s1. The van der Waals surface area contributed by atoms with Crippen LogP contribution in [0.1, 0.15) is 72.6 Å². The third kappa shape index (κ3) is 1.87. The lowest BCUT2D eigenvalue weighted by atomic mass is 9.44. The van der Waals surface area contributed by atoms with Crippen molar-refractivity contribution in [3.8, 4) is 0 Å². The number of carbonyl (C=O) groups is 1. The third-order valence-electron chi connectivity index (χ3n) is 9.84. The summed E-state index contributed by atoms with van der Waals surface area (Å²) in [5, 5.41) is 10.4. The first kappa shape index (κ1) is 16.7. The van der Waals surface area contributed by atoms with Crippen LogP contribution in [0.25, 0.3) is 0 Å². The molecule has 5 fully saturated rings. The van der Waals surface area contributed by atoms with Gasteiger partial charge in [-0.1, -0.05) is 20.8 Å². The van der Waals surface area contributed by atoms with Crippen molar-refractivity contribution in [2.45, 2.75) is 90.4 Å². The van der Waals surface area contributed by atoms with E-state index in [-0.39, 0.29) is 28.5 Å². The van der Waals surface area contributed by atoms with E-state index in [0.717, 1.165) is 25.7 Å². The van der Waals surface area contributed by atoms with E-state index < -0.39 is 0 Å². The number of epoxide rings is 1. The Bertz CT molecular complexity index is 616. The van der Waals surface area contributed by atoms with Gasteiger partial charge in [0.05, 0.1) is 12.2 Å². The molecule has 1 N–H and O–H groups in total. The number of hydrogen-bond acceptors (Lipinski definition) is 3. The minimum Gasteiger partial charge on any atom is -0.393 e. The molecule has 140 valence electrons. The first-order valence-corrected chi connectivity index (χ1v) is 10.6. The highest BCUT2D eigenvalue weighted by Gasteiger charge is 2.76. The number of aliphatic hydroxyl groups excluding tert-OH is 1. The van der Waals surface area contributed by atoms with E-state index in [1.54, 1.807) is 0 Å². The maximum Gasteiger partial charge on any atom is 0.133 e. The van der Waals surface area contributed by atoms with Crippen LogP contribution in [0.4, 0.5) is 0 Å². The zero-order valence-corrected chi connectivity index (χ0v) is 16.3. The van der Waals surface area contributed by atoms with E-state index in [1.807, 2.05) is 6.92 Å². The van der Waals surface area contributed by atoms with Crippen LogP contribution in [-0.2, 0) is 9.53 Å². The topological polar surface area (TPSA) is 49.8 Å². The van der Waals surface area contributed by atoms with Gasteiger partial charge in [-0.25, -0.2) is 0 Å². The fourth-order valence-electron chi connectivity index (χ4n) is 8.91. The molecular formula is C22H34O3. The first-order valence-electron chi connectivity index (χ1n) is 10.6. The quantitative estimate of drug-likeness (QED) is 0.731. The Morgan fingerprint density at radius 2 is 1.92 bits per heavy atom. The molecule has 10 atom stereocenters. The monoisotopic (exact) mass is 346 g/mol. The summed E-state index contributed by atoms with van der Waals surface area (Å²) >= 11 is 0. The van der Waals surface area contributed by atoms with Gasteiger partial charge in [0.25, 0.3) is 0 Å². The number of Topliss-reactive ketones (excluding diaryl/α,β-unsaturated/α-hetero) is 1. The summed E-state index contributed by atoms with van der Waals surface area (Å²) in [7, 11) is 0. The Morgan fingerprint density at radius 1 is 1.16 bits per heavy atom. The summed E-state index contributed by atoms with van der Waals surface area (Å²) in [6.45, 7) is 9.04. The van der Waals surface area contributed by atoms with Gasteiger partial charge in [-0.05, 0) is 81.0 Å². The molecule has 0 unspecified atom stereocenters. The lowest BCUT2D eigenvalue weighted by molar-refractivity contribution is -0.136. The van der Waals surface area contributed by atoms with Crippen LogP contribution in [0.15, 0.2) is 0 Å². The zero-order valence-electron chi connectivity index (χ0n) is 16.3. The Kier molecular flexibility index (Phi) is 3.28. The van der Waals surface area contributed by atoms with Gasteiger partial charge in [-0.3, -0.25) is 4.79 Å². The highest BCUT2D eigenvalue weighted by atomic mass is 16.6. The second-order valence-corrected chi connectivity index (χ2v) is 10.8. The maximum atomic E-state index is 12.4. The van der Waals surface area contributed by atoms with Gasteiger partial charge in [0.2, 0.25) is 0 Å². The third-order valence-corrected chi connectivity index (χ3v) is 9.84. The first-order chi connectivity index (χ1) is 11.7. The number of aliphatic hydroxyl groups is 1. The van der Waals surface area contributed by atoms with E-state index in [0.29, 0.717) is 35.6 Å². The molecule has 0 aromatic carbocycles. The molecule has 0 radical (unpaired) electrons. The van der Waals surface area contributed by atoms with Crippen molar-refractivity contribution >= 4 is 5.78 Å². The van der Waals surface area contributed by atoms with E-state index in [4.69, 9.17) is 4.74 Å². The molecule has 1 heterocycles. The van der Waals surface area contributed by atoms with Crippen molar-refractivity contribution in [2.75, 3.05) is 0 Å². The van der Waals surface area contributed by atoms with Crippen LogP contribution in [0.3, 0.4) is 0 Å². The lowest BCUT2D eigenvalue weighted by Gasteiger charge is -2.59. The van der Waals surface area contributed by atoms with Crippen LogP contribution in [0.5, 0.6) is 0 Å². The summed E-state index contributed by atoms with van der Waals surface area (Å²) in [5.41, 5.74) is 0.390. The van der Waals surface area contributed by atoms with Gasteiger partial charge < -0.3 is 9.84 Å². The summed E-state index contributed by atoms with van der Waals surface area (Å²) in [6, 6.07) is 0. The Hall–Kier alpha value is -0.410. The van der Waals surface area contributed by atoms with Gasteiger partial charge in [-0.2, -0.15) is 0 Å². The van der Waals surface area contributed by atoms with Crippen molar-refractivity contribution in [1.29, 1.82) is 0 Å². The molecule has 3 nitrogen and oxygen atoms in total. The smallest absolute Gasteiger partial charge is 0.133 e. The normalized spacial score (nSPS) is 62.4. The van der Waals surface area contributed by atoms with E-state index in [2.05, 4.69) is 20.8 Å². The van der Waals surface area contributed by atoms with Crippen LogP contribution in [-0.4, -0.2) is 28.7 Å². The van der Waals surface area contributed by atoms with E-state index in [9.17, 15) is 9.90 Å². The molecule has 0 aromatic rings. The van der Waals surface area contributed by atoms with Gasteiger partial charge in [0.15, 0.2) is 0 Å². The number of carbonyl (C=O) groups excluding carboxylic acids is 1. The van der Waals surface area contributed by atoms with Gasteiger partial charge in [0.1, 0.15) is 11.4 Å². The molecule has 0 aromatic heterocycles. The fraction of sp³-hybridized carbons (Fsp3) is 0.955. The van der Waals surface area contributed by atoms with Gasteiger partial charge >= 0.3 is 0 Å². The van der Waals surface area contributed by atoms with Crippen LogP contribution in [0.2, 0.25) is 0 Å². The van der Waals surface area contributed by atoms with Gasteiger partial charge in [-0.15, -0.1) is 0 Å². The van der Waals surface area contributed by atoms with Crippen molar-refractivity contribution in [3.05, 3.63) is 0 Å². The maximum absolute atomic E-state index is 12.4. The van der Waals surface area contributed by atoms with Crippen LogP contribution >= 0.6 is 0 Å². The predicted octanol–water partition coefficient (Wildman–Crippen LogP) is 3.97. The number of rotatable bonds is 1. The largest absolute Gasteiger partial charge is 0.393 e. The second-order valence-electron chi connectivity index (χ2n) is 10.8. The molecule has 1 saturated heterocycles. The number of fused-ring (bicyclic) bond motifs is 4. The van der Waals surface area contributed by atoms with Gasteiger partial charge in [0, 0.05) is 11.3 Å². The molecule has 25 heavy (non-hydrogen) atoms. The Morgan fingerprint density at radius 3 is 2.64 bits per heavy atom. The Balaban J connectivity index is 1.53. The summed E-state index contributed by atoms with van der Waals surface area (Å²) in [5.74, 6) is 3.28. The molecule has 4 aliphatic carbocycles. The number of ketones is 1. The van der Waals surface area contributed by atoms with E-state index in [1.165, 1.54) is 19.3 Å². The Labute approximate surface area is 151 Å². The molecule has 0 amide bonds. The molecule has 1 aliphatic heterocycles. The highest BCUT2D eigenvalue weighted by molar-refractivity contribution is 5.79. The molecule has 4 saturated carbocycles. The minimum atomic E-state index is -0.154. The molecule has 3 heteroatoms. The SMILES string of the molecule is CC(=O)[C@H]1C[C@H](C)[C@H]2[C@@H]3C[C@@H]4O[C@@]45CC[C@@H](O)C[C@]5(C)[C@H]3CC[C@@]21C. The minimum absolute atomic E-state index is 0.0724. The molecule has 5 aliphatic rings. The van der Waals surface area contributed by atoms with E-state index >= 15 is 0 Å². The number of hydrogen-bond donors (Lipinski definition) is 1. The van der Waals surface area contributed by atoms with Crippen LogP contribution < -0.4 is 0 Å². The second kappa shape index (κ2) is 4.90. The fourth-order valence-corrected chi connectivity index (χ4v) is 8.91. The summed E-state index contributed by atoms with van der Waals surface area (Å²) in [6.07, 6.45) is 7.81. The summed E-state index contributed by atoms with van der Waals surface area (Å²) in [4.78, 5) is 12.4. The van der Waals surface area contributed by atoms with Crippen molar-refractivity contribution < 1.29 is 14.6 Å². The molecule has 1 spiro atoms. The molecule has 0 bridgehead atoms. The predicted molar refractivity (Wildman–Crippen MR) is 95.9 cm³/mol. The highest BCUT2D eigenvalue weighted by Crippen LogP contribution is 2.74.